The van der Waals surface area contributed by atoms with Crippen LogP contribution in [0, 0.1) is 5.92 Å². The largest absolute Gasteiger partial charge is 0.497 e. The first kappa shape index (κ1) is 17.9. The number of amides is 2. The summed E-state index contributed by atoms with van der Waals surface area (Å²) < 4.78 is 10.9. The summed E-state index contributed by atoms with van der Waals surface area (Å²) in [6.45, 7) is 4.23. The average Bonchev–Trinajstić information content (AvgIpc) is 3.32. The van der Waals surface area contributed by atoms with Gasteiger partial charge in [0.05, 0.1) is 13.2 Å². The lowest BCUT2D eigenvalue weighted by Crippen LogP contribution is -2.39. The maximum Gasteiger partial charge on any atom is 0.314 e. The van der Waals surface area contributed by atoms with Gasteiger partial charge in [0.2, 0.25) is 0 Å². The minimum Gasteiger partial charge on any atom is -0.497 e. The van der Waals surface area contributed by atoms with E-state index in [0.717, 1.165) is 51.1 Å². The lowest BCUT2D eigenvalue weighted by molar-refractivity contribution is 0.104. The molecule has 2 amide bonds. The van der Waals surface area contributed by atoms with Crippen LogP contribution < -0.4 is 20.3 Å². The number of benzene rings is 1. The predicted molar refractivity (Wildman–Crippen MR) is 98.3 cm³/mol. The highest BCUT2D eigenvalue weighted by molar-refractivity contribution is 5.73. The molecule has 0 radical (unpaired) electrons. The molecule has 6 heteroatoms. The Hall–Kier alpha value is -1.95. The quantitative estimate of drug-likeness (QED) is 0.795. The molecule has 2 fully saturated rings. The number of carbonyl (C=O) groups is 1. The molecule has 138 valence electrons. The van der Waals surface area contributed by atoms with Crippen molar-refractivity contribution < 1.29 is 14.3 Å². The third kappa shape index (κ3) is 5.26. The molecule has 0 saturated carbocycles. The molecule has 0 aromatic heterocycles. The number of methoxy groups -OCH3 is 1. The molecule has 2 heterocycles. The van der Waals surface area contributed by atoms with Gasteiger partial charge in [0.25, 0.3) is 0 Å². The molecule has 0 spiro atoms. The Balaban J connectivity index is 1.34. The Morgan fingerprint density at radius 3 is 3.08 bits per heavy atom. The standard InChI is InChI=1S/C19H29N3O3/c1-24-18-5-2-4-16(12-18)22-10-8-15(14-22)13-21-19(23)20-9-7-17-6-3-11-25-17/h2,4-5,12,15,17H,3,6-11,13-14H2,1H3,(H2,20,21,23)/t15-,17-/m0/s1. The van der Waals surface area contributed by atoms with Gasteiger partial charge in [-0.15, -0.1) is 0 Å². The number of hydrogen-bond donors (Lipinski definition) is 2. The highest BCUT2D eigenvalue weighted by Gasteiger charge is 2.23. The van der Waals surface area contributed by atoms with E-state index in [9.17, 15) is 4.79 Å². The van der Waals surface area contributed by atoms with Gasteiger partial charge in [-0.05, 0) is 43.7 Å². The summed E-state index contributed by atoms with van der Waals surface area (Å²) >= 11 is 0. The molecule has 0 bridgehead atoms. The van der Waals surface area contributed by atoms with Crippen molar-refractivity contribution in [2.24, 2.45) is 5.92 Å². The van der Waals surface area contributed by atoms with Gasteiger partial charge in [0, 0.05) is 44.5 Å². The van der Waals surface area contributed by atoms with Gasteiger partial charge in [-0.2, -0.15) is 0 Å². The van der Waals surface area contributed by atoms with Gasteiger partial charge in [-0.1, -0.05) is 6.07 Å². The van der Waals surface area contributed by atoms with Crippen LogP contribution in [-0.4, -0.2) is 52.0 Å². The van der Waals surface area contributed by atoms with E-state index in [1.807, 2.05) is 12.1 Å². The Morgan fingerprint density at radius 1 is 1.36 bits per heavy atom. The van der Waals surface area contributed by atoms with Crippen LogP contribution in [0.15, 0.2) is 24.3 Å². The maximum atomic E-state index is 11.9. The van der Waals surface area contributed by atoms with Crippen molar-refractivity contribution in [3.8, 4) is 5.75 Å². The Kier molecular flexibility index (Phi) is 6.39. The zero-order chi connectivity index (χ0) is 17.5. The van der Waals surface area contributed by atoms with Gasteiger partial charge >= 0.3 is 6.03 Å². The van der Waals surface area contributed by atoms with Crippen molar-refractivity contribution in [3.63, 3.8) is 0 Å². The molecule has 2 saturated heterocycles. The SMILES string of the molecule is COc1cccc(N2CC[C@@H](CNC(=O)NCC[C@@H]3CCCO3)C2)c1. The summed E-state index contributed by atoms with van der Waals surface area (Å²) in [5.74, 6) is 1.36. The lowest BCUT2D eigenvalue weighted by atomic mass is 10.1. The van der Waals surface area contributed by atoms with Crippen molar-refractivity contribution in [2.45, 2.75) is 31.8 Å². The van der Waals surface area contributed by atoms with Crippen LogP contribution in [0.5, 0.6) is 5.75 Å². The van der Waals surface area contributed by atoms with Gasteiger partial charge in [-0.3, -0.25) is 0 Å². The van der Waals surface area contributed by atoms with Crippen molar-refractivity contribution in [2.75, 3.05) is 44.8 Å². The van der Waals surface area contributed by atoms with Crippen LogP contribution in [0.4, 0.5) is 10.5 Å². The van der Waals surface area contributed by atoms with Gasteiger partial charge in [-0.25, -0.2) is 4.79 Å². The molecular weight excluding hydrogens is 318 g/mol. The minimum atomic E-state index is -0.0715. The third-order valence-electron chi connectivity index (χ3n) is 5.03. The second-order valence-corrected chi connectivity index (χ2v) is 6.86. The highest BCUT2D eigenvalue weighted by atomic mass is 16.5. The Labute approximate surface area is 149 Å². The van der Waals surface area contributed by atoms with E-state index >= 15 is 0 Å². The van der Waals surface area contributed by atoms with E-state index in [1.165, 1.54) is 5.69 Å². The monoisotopic (exact) mass is 347 g/mol. The molecule has 0 unspecified atom stereocenters. The van der Waals surface area contributed by atoms with Crippen molar-refractivity contribution >= 4 is 11.7 Å². The van der Waals surface area contributed by atoms with E-state index in [0.29, 0.717) is 25.1 Å². The smallest absolute Gasteiger partial charge is 0.314 e. The summed E-state index contributed by atoms with van der Waals surface area (Å²) in [5.41, 5.74) is 1.18. The fourth-order valence-electron chi connectivity index (χ4n) is 3.56. The molecule has 3 rings (SSSR count). The molecule has 2 aliphatic rings. The van der Waals surface area contributed by atoms with Crippen molar-refractivity contribution in [1.82, 2.24) is 10.6 Å². The molecular formula is C19H29N3O3. The zero-order valence-electron chi connectivity index (χ0n) is 15.0. The number of nitrogens with zero attached hydrogens (tertiary/aromatic N) is 1. The fraction of sp³-hybridized carbons (Fsp3) is 0.632. The van der Waals surface area contributed by atoms with E-state index in [1.54, 1.807) is 7.11 Å². The number of hydrogen-bond acceptors (Lipinski definition) is 4. The van der Waals surface area contributed by atoms with E-state index < -0.39 is 0 Å². The van der Waals surface area contributed by atoms with Crippen molar-refractivity contribution in [3.05, 3.63) is 24.3 Å². The number of rotatable bonds is 7. The molecule has 25 heavy (non-hydrogen) atoms. The number of nitrogens with one attached hydrogen (secondary N) is 2. The summed E-state index contributed by atoms with van der Waals surface area (Å²) in [7, 11) is 1.69. The number of ether oxygens (including phenoxy) is 2. The van der Waals surface area contributed by atoms with Crippen LogP contribution in [0.1, 0.15) is 25.7 Å². The molecule has 1 aromatic carbocycles. The molecule has 0 aliphatic carbocycles. The van der Waals surface area contributed by atoms with Crippen LogP contribution in [-0.2, 0) is 4.74 Å². The minimum absolute atomic E-state index is 0.0715. The molecule has 6 nitrogen and oxygen atoms in total. The Bertz CT molecular complexity index is 561. The normalized spacial score (nSPS) is 22.8. The second kappa shape index (κ2) is 8.94. The summed E-state index contributed by atoms with van der Waals surface area (Å²) in [6.07, 6.45) is 4.58. The average molecular weight is 347 g/mol. The van der Waals surface area contributed by atoms with Crippen LogP contribution in [0.3, 0.4) is 0 Å². The maximum absolute atomic E-state index is 11.9. The molecule has 2 N–H and O–H groups in total. The fourth-order valence-corrected chi connectivity index (χ4v) is 3.56. The molecule has 2 aliphatic heterocycles. The zero-order valence-corrected chi connectivity index (χ0v) is 15.0. The van der Waals surface area contributed by atoms with Crippen molar-refractivity contribution in [1.29, 1.82) is 0 Å². The highest BCUT2D eigenvalue weighted by Crippen LogP contribution is 2.26. The first-order chi connectivity index (χ1) is 12.2. The predicted octanol–water partition coefficient (Wildman–Crippen LogP) is 2.39. The Morgan fingerprint density at radius 2 is 2.28 bits per heavy atom. The second-order valence-electron chi connectivity index (χ2n) is 6.86. The van der Waals surface area contributed by atoms with E-state index in [-0.39, 0.29) is 6.03 Å². The molecule has 2 atom stereocenters. The van der Waals surface area contributed by atoms with Crippen LogP contribution in [0.2, 0.25) is 0 Å². The molecule has 1 aromatic rings. The number of anilines is 1. The van der Waals surface area contributed by atoms with Crippen LogP contribution in [0.25, 0.3) is 0 Å². The first-order valence-corrected chi connectivity index (χ1v) is 9.27. The van der Waals surface area contributed by atoms with Gasteiger partial charge in [0.15, 0.2) is 0 Å². The summed E-state index contributed by atoms with van der Waals surface area (Å²) in [4.78, 5) is 14.3. The van der Waals surface area contributed by atoms with Crippen LogP contribution >= 0.6 is 0 Å². The third-order valence-corrected chi connectivity index (χ3v) is 5.03. The van der Waals surface area contributed by atoms with Gasteiger partial charge < -0.3 is 25.0 Å². The summed E-state index contributed by atoms with van der Waals surface area (Å²) in [6, 6.07) is 8.07. The topological polar surface area (TPSA) is 62.8 Å². The lowest BCUT2D eigenvalue weighted by Gasteiger charge is -2.19. The number of carbonyl (C=O) groups excluding carboxylic acids is 1. The number of urea groups is 1. The first-order valence-electron chi connectivity index (χ1n) is 9.27. The van der Waals surface area contributed by atoms with E-state index in [2.05, 4.69) is 27.7 Å². The van der Waals surface area contributed by atoms with Gasteiger partial charge in [0.1, 0.15) is 5.75 Å². The summed E-state index contributed by atoms with van der Waals surface area (Å²) in [5, 5.41) is 5.93. The van der Waals surface area contributed by atoms with E-state index in [4.69, 9.17) is 9.47 Å².